The molecule has 0 aromatic heterocycles. The van der Waals surface area contributed by atoms with Crippen molar-refractivity contribution in [3.63, 3.8) is 0 Å². The number of anilines is 1. The van der Waals surface area contributed by atoms with Crippen LogP contribution in [0.5, 0.6) is 5.75 Å². The van der Waals surface area contributed by atoms with E-state index in [0.29, 0.717) is 18.7 Å². The van der Waals surface area contributed by atoms with E-state index in [1.54, 1.807) is 18.2 Å². The Balaban J connectivity index is 2.94. The Hall–Kier alpha value is -1.82. The number of ether oxygens (including phenoxy) is 1. The van der Waals surface area contributed by atoms with Crippen LogP contribution in [0.25, 0.3) is 0 Å². The predicted molar refractivity (Wildman–Crippen MR) is 64.5 cm³/mol. The number of para-hydroxylation sites is 1. The van der Waals surface area contributed by atoms with Crippen molar-refractivity contribution in [2.75, 3.05) is 25.1 Å². The number of aliphatic hydroxyl groups excluding tert-OH is 1. The molecule has 6 nitrogen and oxygen atoms in total. The molecule has 0 bridgehead atoms. The number of rotatable bonds is 7. The second-order valence-electron chi connectivity index (χ2n) is 3.37. The molecule has 0 unspecified atom stereocenters. The van der Waals surface area contributed by atoms with Gasteiger partial charge in [-0.3, -0.25) is 10.1 Å². The van der Waals surface area contributed by atoms with Crippen LogP contribution in [0.4, 0.5) is 11.4 Å². The summed E-state index contributed by atoms with van der Waals surface area (Å²) in [5.41, 5.74) is 0.381. The van der Waals surface area contributed by atoms with Crippen molar-refractivity contribution in [3.05, 3.63) is 28.3 Å². The van der Waals surface area contributed by atoms with Crippen molar-refractivity contribution in [3.8, 4) is 5.75 Å². The maximum absolute atomic E-state index is 11.0. The first kappa shape index (κ1) is 13.2. The van der Waals surface area contributed by atoms with E-state index in [9.17, 15) is 10.1 Å². The molecule has 0 aliphatic heterocycles. The van der Waals surface area contributed by atoms with Gasteiger partial charge in [-0.2, -0.15) is 0 Å². The van der Waals surface area contributed by atoms with Gasteiger partial charge < -0.3 is 15.2 Å². The molecule has 1 rings (SSSR count). The largest absolute Gasteiger partial charge is 0.487 e. The maximum Gasteiger partial charge on any atom is 0.333 e. The highest BCUT2D eigenvalue weighted by Crippen LogP contribution is 2.34. The first-order chi connectivity index (χ1) is 8.20. The average Bonchev–Trinajstić information content (AvgIpc) is 2.29. The number of hydrogen-bond donors (Lipinski definition) is 2. The summed E-state index contributed by atoms with van der Waals surface area (Å²) in [4.78, 5) is 10.5. The molecule has 0 amide bonds. The minimum atomic E-state index is -0.466. The number of nitro groups is 1. The molecule has 1 aromatic rings. The van der Waals surface area contributed by atoms with Crippen molar-refractivity contribution in [2.24, 2.45) is 0 Å². The summed E-state index contributed by atoms with van der Waals surface area (Å²) in [6.07, 6.45) is 0.447. The molecule has 0 saturated carbocycles. The van der Waals surface area contributed by atoms with E-state index in [-0.39, 0.29) is 24.7 Å². The molecule has 1 aromatic carbocycles. The normalized spacial score (nSPS) is 10.0. The van der Waals surface area contributed by atoms with Crippen LogP contribution in [-0.2, 0) is 0 Å². The summed E-state index contributed by atoms with van der Waals surface area (Å²) in [6, 6.07) is 4.89. The fraction of sp³-hybridized carbons (Fsp3) is 0.455. The Morgan fingerprint density at radius 3 is 2.88 bits per heavy atom. The van der Waals surface area contributed by atoms with Crippen LogP contribution in [0.15, 0.2) is 18.2 Å². The lowest BCUT2D eigenvalue weighted by atomic mass is 10.2. The van der Waals surface area contributed by atoms with Gasteiger partial charge in [0.2, 0.25) is 0 Å². The summed E-state index contributed by atoms with van der Waals surface area (Å²) < 4.78 is 5.28. The topological polar surface area (TPSA) is 84.6 Å². The Bertz CT molecular complexity index is 382. The number of aliphatic hydroxyl groups is 1. The van der Waals surface area contributed by atoms with Gasteiger partial charge in [-0.05, 0) is 19.1 Å². The van der Waals surface area contributed by atoms with Gasteiger partial charge in [-0.15, -0.1) is 0 Å². The summed E-state index contributed by atoms with van der Waals surface area (Å²) in [6.45, 7) is 2.72. The lowest BCUT2D eigenvalue weighted by Gasteiger charge is -2.09. The fourth-order valence-electron chi connectivity index (χ4n) is 1.41. The molecule has 0 aliphatic rings. The first-order valence-corrected chi connectivity index (χ1v) is 5.45. The average molecular weight is 240 g/mol. The van der Waals surface area contributed by atoms with E-state index in [0.717, 1.165) is 0 Å². The van der Waals surface area contributed by atoms with E-state index >= 15 is 0 Å². The van der Waals surface area contributed by atoms with Crippen LogP contribution in [0.3, 0.4) is 0 Å². The molecular weight excluding hydrogens is 224 g/mol. The van der Waals surface area contributed by atoms with Crippen molar-refractivity contribution >= 4 is 11.4 Å². The Labute approximate surface area is 99.4 Å². The van der Waals surface area contributed by atoms with Gasteiger partial charge in [0.1, 0.15) is 5.69 Å². The summed E-state index contributed by atoms with van der Waals surface area (Å²) >= 11 is 0. The number of benzene rings is 1. The molecule has 0 radical (unpaired) electrons. The number of hydrogen-bond acceptors (Lipinski definition) is 5. The molecule has 6 heteroatoms. The van der Waals surface area contributed by atoms with Crippen LogP contribution >= 0.6 is 0 Å². The molecule has 0 aliphatic carbocycles. The lowest BCUT2D eigenvalue weighted by molar-refractivity contribution is -0.385. The monoisotopic (exact) mass is 240 g/mol. The minimum absolute atomic E-state index is 0.000693. The van der Waals surface area contributed by atoms with Gasteiger partial charge in [0.05, 0.1) is 11.5 Å². The second-order valence-corrected chi connectivity index (χ2v) is 3.37. The molecule has 2 N–H and O–H groups in total. The third kappa shape index (κ3) is 3.60. The highest BCUT2D eigenvalue weighted by molar-refractivity contribution is 5.68. The van der Waals surface area contributed by atoms with Crippen molar-refractivity contribution in [2.45, 2.75) is 13.3 Å². The zero-order valence-corrected chi connectivity index (χ0v) is 9.68. The first-order valence-electron chi connectivity index (χ1n) is 5.45. The van der Waals surface area contributed by atoms with Crippen molar-refractivity contribution in [1.82, 2.24) is 0 Å². The van der Waals surface area contributed by atoms with Crippen LogP contribution in [0.1, 0.15) is 13.3 Å². The van der Waals surface area contributed by atoms with E-state index in [2.05, 4.69) is 5.32 Å². The van der Waals surface area contributed by atoms with Crippen LogP contribution < -0.4 is 10.1 Å². The summed E-state index contributed by atoms with van der Waals surface area (Å²) in [7, 11) is 0. The molecule has 17 heavy (non-hydrogen) atoms. The summed E-state index contributed by atoms with van der Waals surface area (Å²) in [5.74, 6) is 0.224. The van der Waals surface area contributed by atoms with E-state index < -0.39 is 4.92 Å². The van der Waals surface area contributed by atoms with Crippen LogP contribution in [0, 0.1) is 10.1 Å². The molecule has 0 spiro atoms. The maximum atomic E-state index is 11.0. The smallest absolute Gasteiger partial charge is 0.333 e. The van der Waals surface area contributed by atoms with Gasteiger partial charge in [0.15, 0.2) is 5.75 Å². The predicted octanol–water partition coefficient (Wildman–Crippen LogP) is 1.79. The van der Waals surface area contributed by atoms with Crippen LogP contribution in [-0.4, -0.2) is 29.8 Å². The van der Waals surface area contributed by atoms with Crippen molar-refractivity contribution < 1.29 is 14.8 Å². The third-order valence-electron chi connectivity index (χ3n) is 2.11. The molecule has 0 fully saturated rings. The highest BCUT2D eigenvalue weighted by Gasteiger charge is 2.20. The van der Waals surface area contributed by atoms with Crippen LogP contribution in [0.2, 0.25) is 0 Å². The standard InChI is InChI=1S/C11H16N2O4/c1-2-12-9-5-3-6-10(11(9)13(15)16)17-8-4-7-14/h3,5-6,12,14H,2,4,7-8H2,1H3. The molecular formula is C11H16N2O4. The minimum Gasteiger partial charge on any atom is -0.487 e. The number of nitrogens with zero attached hydrogens (tertiary/aromatic N) is 1. The quantitative estimate of drug-likeness (QED) is 0.431. The molecule has 0 heterocycles. The molecule has 94 valence electrons. The SMILES string of the molecule is CCNc1cccc(OCCCO)c1[N+](=O)[O-]. The second kappa shape index (κ2) is 6.70. The zero-order chi connectivity index (χ0) is 12.7. The van der Waals surface area contributed by atoms with E-state index in [1.807, 2.05) is 6.92 Å². The Kier molecular flexibility index (Phi) is 5.22. The van der Waals surface area contributed by atoms with Gasteiger partial charge in [0.25, 0.3) is 0 Å². The molecule has 0 atom stereocenters. The highest BCUT2D eigenvalue weighted by atomic mass is 16.6. The number of nitrogens with one attached hydrogen (secondary N) is 1. The zero-order valence-electron chi connectivity index (χ0n) is 9.68. The van der Waals surface area contributed by atoms with E-state index in [4.69, 9.17) is 9.84 Å². The third-order valence-corrected chi connectivity index (χ3v) is 2.11. The van der Waals surface area contributed by atoms with E-state index in [1.165, 1.54) is 0 Å². The fourth-order valence-corrected chi connectivity index (χ4v) is 1.41. The van der Waals surface area contributed by atoms with Crippen molar-refractivity contribution in [1.29, 1.82) is 0 Å². The Morgan fingerprint density at radius 1 is 1.53 bits per heavy atom. The Morgan fingerprint density at radius 2 is 2.29 bits per heavy atom. The van der Waals surface area contributed by atoms with Gasteiger partial charge >= 0.3 is 5.69 Å². The molecule has 0 saturated heterocycles. The van der Waals surface area contributed by atoms with Gasteiger partial charge in [-0.1, -0.05) is 6.07 Å². The van der Waals surface area contributed by atoms with Gasteiger partial charge in [0, 0.05) is 19.6 Å². The lowest BCUT2D eigenvalue weighted by Crippen LogP contribution is -2.05. The van der Waals surface area contributed by atoms with Gasteiger partial charge in [-0.25, -0.2) is 0 Å². The summed E-state index contributed by atoms with van der Waals surface area (Å²) in [5, 5.41) is 22.5. The number of nitro benzene ring substituents is 1.